The molecule has 2 amide bonds. The molecule has 2 saturated heterocycles. The van der Waals surface area contributed by atoms with Crippen LogP contribution in [0.3, 0.4) is 0 Å². The second-order valence-corrected chi connectivity index (χ2v) is 8.13. The molecule has 0 spiro atoms. The molecule has 0 aliphatic carbocycles. The third-order valence-electron chi connectivity index (χ3n) is 4.28. The van der Waals surface area contributed by atoms with E-state index in [0.29, 0.717) is 0 Å². The van der Waals surface area contributed by atoms with E-state index in [1.165, 1.54) is 34.9 Å². The second kappa shape index (κ2) is 5.73. The van der Waals surface area contributed by atoms with Crippen LogP contribution in [-0.4, -0.2) is 54.9 Å². The highest BCUT2D eigenvalue weighted by Crippen LogP contribution is 2.50. The molecule has 2 aliphatic heterocycles. The SMILES string of the molecule is CC1(C)S[C@@H]2C(NC(=O)c3cccc([N+](=O)[O-])c3)C(=O)N2[C@H]1C(=O)O. The van der Waals surface area contributed by atoms with Gasteiger partial charge in [0.2, 0.25) is 5.91 Å². The number of carbonyl (C=O) groups excluding carboxylic acids is 2. The first-order chi connectivity index (χ1) is 11.6. The number of nitrogens with one attached hydrogen (secondary N) is 1. The van der Waals surface area contributed by atoms with Crippen molar-refractivity contribution in [1.29, 1.82) is 0 Å². The molecular weight excluding hydrogens is 350 g/mol. The highest BCUT2D eigenvalue weighted by Gasteiger charge is 2.64. The van der Waals surface area contributed by atoms with E-state index in [0.717, 1.165) is 6.07 Å². The van der Waals surface area contributed by atoms with Gasteiger partial charge in [-0.3, -0.25) is 19.7 Å². The largest absolute Gasteiger partial charge is 0.480 e. The number of nitro benzene ring substituents is 1. The Morgan fingerprint density at radius 1 is 1.40 bits per heavy atom. The number of amides is 2. The van der Waals surface area contributed by atoms with Crippen LogP contribution in [0, 0.1) is 10.1 Å². The zero-order chi connectivity index (χ0) is 18.5. The summed E-state index contributed by atoms with van der Waals surface area (Å²) < 4.78 is -0.683. The maximum Gasteiger partial charge on any atom is 0.327 e. The fraction of sp³-hybridized carbons (Fsp3) is 0.400. The highest BCUT2D eigenvalue weighted by atomic mass is 32.2. The minimum atomic E-state index is -1.09. The molecule has 3 rings (SSSR count). The number of aliphatic carboxylic acids is 1. The predicted octanol–water partition coefficient (Wildman–Crippen LogP) is 0.840. The van der Waals surface area contributed by atoms with Crippen molar-refractivity contribution in [1.82, 2.24) is 10.2 Å². The number of nitro groups is 1. The van der Waals surface area contributed by atoms with E-state index in [4.69, 9.17) is 0 Å². The van der Waals surface area contributed by atoms with Gasteiger partial charge in [-0.1, -0.05) is 6.07 Å². The van der Waals surface area contributed by atoms with Crippen LogP contribution in [0.4, 0.5) is 5.69 Å². The average molecular weight is 365 g/mol. The monoisotopic (exact) mass is 365 g/mol. The quantitative estimate of drug-likeness (QED) is 0.459. The number of nitrogens with zero attached hydrogens (tertiary/aromatic N) is 2. The Hall–Kier alpha value is -2.62. The van der Waals surface area contributed by atoms with Gasteiger partial charge in [0.25, 0.3) is 11.6 Å². The van der Waals surface area contributed by atoms with Crippen molar-refractivity contribution in [3.8, 4) is 0 Å². The molecule has 25 heavy (non-hydrogen) atoms. The van der Waals surface area contributed by atoms with Crippen LogP contribution < -0.4 is 5.32 Å². The molecule has 1 unspecified atom stereocenters. The second-order valence-electron chi connectivity index (χ2n) is 6.36. The molecule has 0 aromatic heterocycles. The number of carboxylic acids is 1. The summed E-state index contributed by atoms with van der Waals surface area (Å²) in [5.41, 5.74) is -0.158. The lowest BCUT2D eigenvalue weighted by atomic mass is 9.96. The zero-order valence-corrected chi connectivity index (χ0v) is 14.1. The van der Waals surface area contributed by atoms with Gasteiger partial charge in [-0.05, 0) is 19.9 Å². The van der Waals surface area contributed by atoms with Gasteiger partial charge in [0.05, 0.1) is 4.92 Å². The van der Waals surface area contributed by atoms with Crippen LogP contribution in [0.25, 0.3) is 0 Å². The summed E-state index contributed by atoms with van der Waals surface area (Å²) in [6, 6.07) is 3.38. The summed E-state index contributed by atoms with van der Waals surface area (Å²) >= 11 is 1.31. The molecule has 132 valence electrons. The summed E-state index contributed by atoms with van der Waals surface area (Å²) in [5.74, 6) is -2.16. The fourth-order valence-electron chi connectivity index (χ4n) is 3.13. The van der Waals surface area contributed by atoms with E-state index in [-0.39, 0.29) is 11.3 Å². The standard InChI is InChI=1S/C15H15N3O6S/c1-15(2)10(14(21)22)17-12(20)9(13(17)25-15)16-11(19)7-4-3-5-8(6-7)18(23)24/h3-6,9-10,13H,1-2H3,(H,16,19)(H,21,22)/t9?,10-,13+/m0/s1. The van der Waals surface area contributed by atoms with Gasteiger partial charge in [0.15, 0.2) is 0 Å². The Kier molecular flexibility index (Phi) is 3.94. The molecule has 2 heterocycles. The highest BCUT2D eigenvalue weighted by molar-refractivity contribution is 8.01. The minimum absolute atomic E-state index is 0.0671. The van der Waals surface area contributed by atoms with Crippen molar-refractivity contribution in [2.24, 2.45) is 0 Å². The molecular formula is C15H15N3O6S. The number of non-ortho nitro benzene ring substituents is 1. The molecule has 0 radical (unpaired) electrons. The van der Waals surface area contributed by atoms with Gasteiger partial charge in [0.1, 0.15) is 17.5 Å². The van der Waals surface area contributed by atoms with Crippen LogP contribution >= 0.6 is 11.8 Å². The number of β-lactam (4-membered cyclic amide) rings is 1. The molecule has 2 N–H and O–H groups in total. The molecule has 10 heteroatoms. The molecule has 3 atom stereocenters. The fourth-order valence-corrected chi connectivity index (χ4v) is 4.76. The number of benzene rings is 1. The number of thioether (sulfide) groups is 1. The van der Waals surface area contributed by atoms with Crippen LogP contribution in [-0.2, 0) is 9.59 Å². The lowest BCUT2D eigenvalue weighted by Crippen LogP contribution is -2.70. The summed E-state index contributed by atoms with van der Waals surface area (Å²) in [5, 5.41) is 22.2. The molecule has 0 bridgehead atoms. The van der Waals surface area contributed by atoms with Gasteiger partial charge in [-0.2, -0.15) is 0 Å². The summed E-state index contributed by atoms with van der Waals surface area (Å²) in [4.78, 5) is 47.5. The first-order valence-electron chi connectivity index (χ1n) is 7.41. The van der Waals surface area contributed by atoms with E-state index in [2.05, 4.69) is 5.32 Å². The van der Waals surface area contributed by atoms with Gasteiger partial charge in [-0.25, -0.2) is 4.79 Å². The van der Waals surface area contributed by atoms with Crippen LogP contribution in [0.15, 0.2) is 24.3 Å². The number of hydrogen-bond acceptors (Lipinski definition) is 6. The van der Waals surface area contributed by atoms with Crippen LogP contribution in [0.1, 0.15) is 24.2 Å². The molecule has 2 fully saturated rings. The van der Waals surface area contributed by atoms with Crippen LogP contribution in [0.5, 0.6) is 0 Å². The Balaban J connectivity index is 1.76. The van der Waals surface area contributed by atoms with E-state index in [1.54, 1.807) is 13.8 Å². The normalized spacial score (nSPS) is 26.6. The van der Waals surface area contributed by atoms with Crippen molar-refractivity contribution in [2.75, 3.05) is 0 Å². The number of hydrogen-bond donors (Lipinski definition) is 2. The number of carboxylic acid groups (broad SMARTS) is 1. The maximum absolute atomic E-state index is 12.3. The summed E-state index contributed by atoms with van der Waals surface area (Å²) in [7, 11) is 0. The lowest BCUT2D eigenvalue weighted by Gasteiger charge is -2.43. The number of carbonyl (C=O) groups is 3. The van der Waals surface area contributed by atoms with Gasteiger partial charge in [0, 0.05) is 22.4 Å². The Morgan fingerprint density at radius 3 is 2.68 bits per heavy atom. The van der Waals surface area contributed by atoms with Crippen molar-refractivity contribution >= 4 is 35.2 Å². The van der Waals surface area contributed by atoms with Crippen molar-refractivity contribution in [3.63, 3.8) is 0 Å². The Morgan fingerprint density at radius 2 is 2.08 bits per heavy atom. The maximum atomic E-state index is 12.3. The summed E-state index contributed by atoms with van der Waals surface area (Å²) in [6.07, 6.45) is 0. The molecule has 1 aromatic rings. The van der Waals surface area contributed by atoms with Gasteiger partial charge in [-0.15, -0.1) is 11.8 Å². The summed E-state index contributed by atoms with van der Waals surface area (Å²) in [6.45, 7) is 3.48. The first kappa shape index (κ1) is 17.2. The number of fused-ring (bicyclic) bond motifs is 1. The van der Waals surface area contributed by atoms with Crippen molar-refractivity contribution in [2.45, 2.75) is 36.1 Å². The molecule has 1 aromatic carbocycles. The van der Waals surface area contributed by atoms with E-state index < -0.39 is 44.9 Å². The van der Waals surface area contributed by atoms with Gasteiger partial charge < -0.3 is 15.3 Å². The first-order valence-corrected chi connectivity index (χ1v) is 8.29. The van der Waals surface area contributed by atoms with Crippen LogP contribution in [0.2, 0.25) is 0 Å². The van der Waals surface area contributed by atoms with E-state index in [9.17, 15) is 29.6 Å². The van der Waals surface area contributed by atoms with E-state index >= 15 is 0 Å². The topological polar surface area (TPSA) is 130 Å². The average Bonchev–Trinajstić information content (AvgIpc) is 2.80. The van der Waals surface area contributed by atoms with E-state index in [1.807, 2.05) is 0 Å². The van der Waals surface area contributed by atoms with Crippen molar-refractivity contribution < 1.29 is 24.4 Å². The molecule has 0 saturated carbocycles. The third-order valence-corrected chi connectivity index (χ3v) is 5.85. The zero-order valence-electron chi connectivity index (χ0n) is 13.3. The molecule has 2 aliphatic rings. The smallest absolute Gasteiger partial charge is 0.327 e. The van der Waals surface area contributed by atoms with Gasteiger partial charge >= 0.3 is 5.97 Å². The Labute approximate surface area is 146 Å². The molecule has 9 nitrogen and oxygen atoms in total. The minimum Gasteiger partial charge on any atom is -0.480 e. The number of rotatable bonds is 4. The Bertz CT molecular complexity index is 795. The predicted molar refractivity (Wildman–Crippen MR) is 88.1 cm³/mol. The lowest BCUT2D eigenvalue weighted by molar-refractivity contribution is -0.384. The third kappa shape index (κ3) is 2.72. The van der Waals surface area contributed by atoms with Crippen molar-refractivity contribution in [3.05, 3.63) is 39.9 Å².